The minimum Gasteiger partial charge on any atom is -0.345 e. The Kier molecular flexibility index (Phi) is 2.97. The van der Waals surface area contributed by atoms with Gasteiger partial charge in [-0.2, -0.15) is 0 Å². The molecule has 2 saturated heterocycles. The van der Waals surface area contributed by atoms with Crippen LogP contribution in [0.25, 0.3) is 0 Å². The molecular formula is C14H14O4. The fraction of sp³-hybridized carbons (Fsp3) is 0.429. The maximum atomic E-state index is 11.4. The van der Waals surface area contributed by atoms with Crippen LogP contribution in [0.3, 0.4) is 0 Å². The lowest BCUT2D eigenvalue weighted by molar-refractivity contribution is -0.176. The first-order valence-corrected chi connectivity index (χ1v) is 6.08. The number of ether oxygens (including phenoxy) is 2. The first-order valence-electron chi connectivity index (χ1n) is 6.08. The molecule has 0 saturated carbocycles. The van der Waals surface area contributed by atoms with Crippen LogP contribution in [0.15, 0.2) is 30.3 Å². The van der Waals surface area contributed by atoms with Crippen molar-refractivity contribution >= 4 is 12.1 Å². The molecule has 2 aliphatic rings. The van der Waals surface area contributed by atoms with Gasteiger partial charge in [-0.05, 0) is 5.56 Å². The molecule has 4 heteroatoms. The zero-order valence-electron chi connectivity index (χ0n) is 9.82. The van der Waals surface area contributed by atoms with Gasteiger partial charge >= 0.3 is 0 Å². The van der Waals surface area contributed by atoms with Crippen LogP contribution in [0.1, 0.15) is 18.1 Å². The highest BCUT2D eigenvalue weighted by Gasteiger charge is 2.48. The number of rotatable bonds is 2. The second-order valence-electron chi connectivity index (χ2n) is 4.77. The van der Waals surface area contributed by atoms with Gasteiger partial charge in [-0.15, -0.1) is 0 Å². The molecule has 2 aliphatic heterocycles. The van der Waals surface area contributed by atoms with E-state index in [0.717, 1.165) is 11.8 Å². The van der Waals surface area contributed by atoms with E-state index in [2.05, 4.69) is 0 Å². The Morgan fingerprint density at radius 3 is 2.72 bits per heavy atom. The van der Waals surface area contributed by atoms with Crippen LogP contribution in [0.5, 0.6) is 0 Å². The highest BCUT2D eigenvalue weighted by atomic mass is 16.7. The van der Waals surface area contributed by atoms with E-state index in [9.17, 15) is 9.59 Å². The number of aldehydes is 1. The van der Waals surface area contributed by atoms with Gasteiger partial charge in [0, 0.05) is 12.3 Å². The first kappa shape index (κ1) is 11.6. The molecule has 1 aromatic rings. The summed E-state index contributed by atoms with van der Waals surface area (Å²) in [6, 6.07) is 9.60. The smallest absolute Gasteiger partial charge is 0.163 e. The van der Waals surface area contributed by atoms with E-state index >= 15 is 0 Å². The van der Waals surface area contributed by atoms with Gasteiger partial charge in [-0.25, -0.2) is 0 Å². The normalized spacial score (nSPS) is 35.2. The second-order valence-corrected chi connectivity index (χ2v) is 4.77. The van der Waals surface area contributed by atoms with Crippen LogP contribution >= 0.6 is 0 Å². The number of hydrogen-bond acceptors (Lipinski definition) is 4. The van der Waals surface area contributed by atoms with Crippen LogP contribution < -0.4 is 0 Å². The molecule has 0 radical (unpaired) electrons. The molecular weight excluding hydrogens is 232 g/mol. The van der Waals surface area contributed by atoms with E-state index in [1.807, 2.05) is 30.3 Å². The summed E-state index contributed by atoms with van der Waals surface area (Å²) in [6.07, 6.45) is 0.537. The standard InChI is InChI=1S/C14H14O4/c15-7-12-11-6-10(16)8-17-14(11)18-13(12)9-4-2-1-3-5-9/h1-5,7,11-14H,6,8H2/t11-,12-,13-,14+/m1/s1. The third-order valence-electron chi connectivity index (χ3n) is 3.63. The SMILES string of the molecule is O=C[C@@H]1[C@H]2CC(=O)CO[C@H]2O[C@@H]1c1ccccc1. The number of Topliss-reactive ketones (excluding diaryl/α,β-unsaturated/α-hetero) is 1. The Labute approximate surface area is 105 Å². The average Bonchev–Trinajstić information content (AvgIpc) is 2.77. The Morgan fingerprint density at radius 1 is 1.22 bits per heavy atom. The van der Waals surface area contributed by atoms with Crippen LogP contribution in [-0.4, -0.2) is 25.0 Å². The number of benzene rings is 1. The fourth-order valence-corrected chi connectivity index (χ4v) is 2.75. The third-order valence-corrected chi connectivity index (χ3v) is 3.63. The molecule has 18 heavy (non-hydrogen) atoms. The molecule has 0 aromatic heterocycles. The van der Waals surface area contributed by atoms with Gasteiger partial charge in [0.15, 0.2) is 12.1 Å². The summed E-state index contributed by atoms with van der Waals surface area (Å²) >= 11 is 0. The maximum absolute atomic E-state index is 11.4. The molecule has 0 bridgehead atoms. The number of carbonyl (C=O) groups is 2. The van der Waals surface area contributed by atoms with Gasteiger partial charge in [0.1, 0.15) is 12.9 Å². The predicted molar refractivity (Wildman–Crippen MR) is 62.7 cm³/mol. The van der Waals surface area contributed by atoms with E-state index in [4.69, 9.17) is 9.47 Å². The van der Waals surface area contributed by atoms with Crippen LogP contribution in [-0.2, 0) is 19.1 Å². The number of carbonyl (C=O) groups excluding carboxylic acids is 2. The van der Waals surface area contributed by atoms with Crippen molar-refractivity contribution in [3.8, 4) is 0 Å². The summed E-state index contributed by atoms with van der Waals surface area (Å²) in [5.74, 6) is -0.406. The van der Waals surface area contributed by atoms with E-state index in [-0.39, 0.29) is 30.3 Å². The molecule has 2 fully saturated rings. The highest BCUT2D eigenvalue weighted by Crippen LogP contribution is 2.44. The van der Waals surface area contributed by atoms with Crippen molar-refractivity contribution in [2.24, 2.45) is 11.8 Å². The third kappa shape index (κ3) is 1.87. The number of ketones is 1. The molecule has 2 heterocycles. The van der Waals surface area contributed by atoms with Gasteiger partial charge < -0.3 is 14.3 Å². The summed E-state index contributed by atoms with van der Waals surface area (Å²) in [4.78, 5) is 22.7. The number of hydrogen-bond donors (Lipinski definition) is 0. The molecule has 0 unspecified atom stereocenters. The highest BCUT2D eigenvalue weighted by molar-refractivity contribution is 5.81. The van der Waals surface area contributed by atoms with E-state index in [1.54, 1.807) is 0 Å². The summed E-state index contributed by atoms with van der Waals surface area (Å²) < 4.78 is 11.2. The monoisotopic (exact) mass is 246 g/mol. The first-order chi connectivity index (χ1) is 8.79. The van der Waals surface area contributed by atoms with Crippen LogP contribution in [0.4, 0.5) is 0 Å². The van der Waals surface area contributed by atoms with Crippen molar-refractivity contribution in [1.82, 2.24) is 0 Å². The topological polar surface area (TPSA) is 52.6 Å². The van der Waals surface area contributed by atoms with Crippen molar-refractivity contribution < 1.29 is 19.1 Å². The second kappa shape index (κ2) is 4.63. The van der Waals surface area contributed by atoms with E-state index < -0.39 is 6.29 Å². The minimum atomic E-state index is -0.428. The van der Waals surface area contributed by atoms with Gasteiger partial charge in [0.05, 0.1) is 12.0 Å². The van der Waals surface area contributed by atoms with Gasteiger partial charge in [-0.3, -0.25) is 4.79 Å². The summed E-state index contributed by atoms with van der Waals surface area (Å²) in [5, 5.41) is 0. The molecule has 94 valence electrons. The minimum absolute atomic E-state index is 0.0420. The Balaban J connectivity index is 1.89. The van der Waals surface area contributed by atoms with Crippen molar-refractivity contribution in [3.63, 3.8) is 0 Å². The molecule has 0 aliphatic carbocycles. The molecule has 4 nitrogen and oxygen atoms in total. The molecule has 1 aromatic carbocycles. The molecule has 0 amide bonds. The zero-order chi connectivity index (χ0) is 12.5. The van der Waals surface area contributed by atoms with Crippen LogP contribution in [0, 0.1) is 11.8 Å². The summed E-state index contributed by atoms with van der Waals surface area (Å²) in [5.41, 5.74) is 0.958. The fourth-order valence-electron chi connectivity index (χ4n) is 2.75. The lowest BCUT2D eigenvalue weighted by atomic mass is 9.84. The lowest BCUT2D eigenvalue weighted by Crippen LogP contribution is -2.34. The van der Waals surface area contributed by atoms with Crippen molar-refractivity contribution in [2.45, 2.75) is 18.8 Å². The Bertz CT molecular complexity index is 456. The Morgan fingerprint density at radius 2 is 2.00 bits per heavy atom. The van der Waals surface area contributed by atoms with Gasteiger partial charge in [-0.1, -0.05) is 30.3 Å². The van der Waals surface area contributed by atoms with Crippen molar-refractivity contribution in [3.05, 3.63) is 35.9 Å². The van der Waals surface area contributed by atoms with Gasteiger partial charge in [0.2, 0.25) is 0 Å². The molecule has 3 rings (SSSR count). The van der Waals surface area contributed by atoms with Gasteiger partial charge in [0.25, 0.3) is 0 Å². The average molecular weight is 246 g/mol. The summed E-state index contributed by atoms with van der Waals surface area (Å²) in [7, 11) is 0. The maximum Gasteiger partial charge on any atom is 0.163 e. The Hall–Kier alpha value is -1.52. The van der Waals surface area contributed by atoms with Crippen molar-refractivity contribution in [1.29, 1.82) is 0 Å². The molecule has 0 N–H and O–H groups in total. The molecule has 4 atom stereocenters. The van der Waals surface area contributed by atoms with Crippen molar-refractivity contribution in [2.75, 3.05) is 6.61 Å². The molecule has 0 spiro atoms. The van der Waals surface area contributed by atoms with E-state index in [1.165, 1.54) is 0 Å². The number of fused-ring (bicyclic) bond motifs is 1. The summed E-state index contributed by atoms with van der Waals surface area (Å²) in [6.45, 7) is 0.0915. The largest absolute Gasteiger partial charge is 0.345 e. The predicted octanol–water partition coefficient (Wildman–Crippen LogP) is 1.50. The quantitative estimate of drug-likeness (QED) is 0.742. The van der Waals surface area contributed by atoms with E-state index in [0.29, 0.717) is 6.42 Å². The lowest BCUT2D eigenvalue weighted by Gasteiger charge is -2.24. The van der Waals surface area contributed by atoms with Crippen LogP contribution in [0.2, 0.25) is 0 Å². The zero-order valence-corrected chi connectivity index (χ0v) is 9.82.